The summed E-state index contributed by atoms with van der Waals surface area (Å²) < 4.78 is 11.2. The Morgan fingerprint density at radius 1 is 1.19 bits per heavy atom. The van der Waals surface area contributed by atoms with E-state index < -0.39 is 0 Å². The predicted octanol–water partition coefficient (Wildman–Crippen LogP) is 3.57. The van der Waals surface area contributed by atoms with Crippen molar-refractivity contribution < 1.29 is 14.3 Å². The van der Waals surface area contributed by atoms with E-state index in [4.69, 9.17) is 9.47 Å². The van der Waals surface area contributed by atoms with Crippen LogP contribution in [0.5, 0.6) is 11.5 Å². The summed E-state index contributed by atoms with van der Waals surface area (Å²) in [5.41, 5.74) is 2.80. The van der Waals surface area contributed by atoms with Gasteiger partial charge in [-0.3, -0.25) is 4.79 Å². The zero-order valence-electron chi connectivity index (χ0n) is 12.8. The Labute approximate surface area is 137 Å². The Hall–Kier alpha value is -0.660. The molecule has 0 spiro atoms. The number of carbonyl (C=O) groups excluding carboxylic acids is 1. The number of ether oxygens (including phenoxy) is 2. The van der Waals surface area contributed by atoms with Crippen molar-refractivity contribution >= 4 is 44.2 Å². The maximum atomic E-state index is 12.4. The molecule has 1 aliphatic heterocycles. The molecule has 7 heteroatoms. The van der Waals surface area contributed by atoms with Gasteiger partial charge < -0.3 is 14.4 Å². The second-order valence-electron chi connectivity index (χ2n) is 4.63. The molecule has 0 aromatic heterocycles. The van der Waals surface area contributed by atoms with Gasteiger partial charge in [0.05, 0.1) is 30.4 Å². The van der Waals surface area contributed by atoms with E-state index in [1.807, 2.05) is 25.3 Å². The lowest BCUT2D eigenvalue weighted by atomic mass is 10.0. The third kappa shape index (κ3) is 2.96. The number of methoxy groups -OCH3 is 2. The van der Waals surface area contributed by atoms with Crippen LogP contribution in [0.3, 0.4) is 0 Å². The van der Waals surface area contributed by atoms with Crippen molar-refractivity contribution in [1.29, 1.82) is 0 Å². The minimum atomic E-state index is 0.122. The van der Waals surface area contributed by atoms with E-state index in [9.17, 15) is 4.79 Å². The first kappa shape index (κ1) is 16.7. The van der Waals surface area contributed by atoms with E-state index in [0.717, 1.165) is 33.9 Å². The van der Waals surface area contributed by atoms with Gasteiger partial charge in [-0.05, 0) is 18.2 Å². The number of carbonyl (C=O) groups is 1. The smallest absolute Gasteiger partial charge is 0.221 e. The number of anilines is 1. The minimum absolute atomic E-state index is 0.122. The molecule has 0 bridgehead atoms. The molecule has 4 nitrogen and oxygen atoms in total. The van der Waals surface area contributed by atoms with Crippen LogP contribution in [-0.4, -0.2) is 45.4 Å². The Morgan fingerprint density at radius 3 is 2.38 bits per heavy atom. The third-order valence-electron chi connectivity index (χ3n) is 3.25. The van der Waals surface area contributed by atoms with Crippen LogP contribution in [0.4, 0.5) is 5.69 Å². The van der Waals surface area contributed by atoms with E-state index in [-0.39, 0.29) is 5.12 Å². The maximum Gasteiger partial charge on any atom is 0.221 e. The van der Waals surface area contributed by atoms with Crippen LogP contribution in [0, 0.1) is 0 Å². The summed E-state index contributed by atoms with van der Waals surface area (Å²) >= 11 is 1.38. The SMILES string of the molecule is COc1c(OC)c(N(C)C)c2c(c1SSC)C(=O)SCC2. The highest BCUT2D eigenvalue weighted by Crippen LogP contribution is 2.53. The Kier molecular flexibility index (Phi) is 5.62. The number of benzene rings is 1. The van der Waals surface area contributed by atoms with Gasteiger partial charge in [0, 0.05) is 19.8 Å². The quantitative estimate of drug-likeness (QED) is 0.755. The fraction of sp³-hybridized carbons (Fsp3) is 0.500. The van der Waals surface area contributed by atoms with Gasteiger partial charge >= 0.3 is 0 Å². The molecule has 0 aliphatic carbocycles. The Balaban J connectivity index is 2.85. The third-order valence-corrected chi connectivity index (χ3v) is 5.85. The summed E-state index contributed by atoms with van der Waals surface area (Å²) in [6.45, 7) is 0. The van der Waals surface area contributed by atoms with E-state index in [2.05, 4.69) is 0 Å². The van der Waals surface area contributed by atoms with Gasteiger partial charge in [-0.1, -0.05) is 33.3 Å². The molecule has 21 heavy (non-hydrogen) atoms. The molecular weight excluding hydrogens is 326 g/mol. The molecule has 0 atom stereocenters. The molecule has 0 N–H and O–H groups in total. The molecule has 1 heterocycles. The van der Waals surface area contributed by atoms with Crippen molar-refractivity contribution in [3.63, 3.8) is 0 Å². The molecule has 116 valence electrons. The Morgan fingerprint density at radius 2 is 1.86 bits per heavy atom. The average molecular weight is 346 g/mol. The summed E-state index contributed by atoms with van der Waals surface area (Å²) in [7, 11) is 10.3. The number of fused-ring (bicyclic) bond motifs is 1. The molecule has 0 saturated heterocycles. The molecule has 0 fully saturated rings. The first-order valence-corrected chi connectivity index (χ1v) is 9.97. The number of hydrogen-bond donors (Lipinski definition) is 0. The van der Waals surface area contributed by atoms with Gasteiger partial charge in [0.1, 0.15) is 0 Å². The van der Waals surface area contributed by atoms with Crippen LogP contribution in [0.2, 0.25) is 0 Å². The monoisotopic (exact) mass is 345 g/mol. The topological polar surface area (TPSA) is 38.8 Å². The number of hydrogen-bond acceptors (Lipinski definition) is 7. The molecule has 2 rings (SSSR count). The van der Waals surface area contributed by atoms with Gasteiger partial charge in [0.15, 0.2) is 11.5 Å². The minimum Gasteiger partial charge on any atom is -0.492 e. The maximum absolute atomic E-state index is 12.4. The molecule has 1 aliphatic rings. The first-order valence-electron chi connectivity index (χ1n) is 6.42. The van der Waals surface area contributed by atoms with Crippen molar-refractivity contribution in [3.05, 3.63) is 11.1 Å². The lowest BCUT2D eigenvalue weighted by Crippen LogP contribution is -2.20. The highest BCUT2D eigenvalue weighted by atomic mass is 33.1. The Bertz CT molecular complexity index is 561. The van der Waals surface area contributed by atoms with Gasteiger partial charge in [0.25, 0.3) is 0 Å². The predicted molar refractivity (Wildman–Crippen MR) is 93.7 cm³/mol. The summed E-state index contributed by atoms with van der Waals surface area (Å²) in [4.78, 5) is 15.3. The molecular formula is C14H19NO3S3. The van der Waals surface area contributed by atoms with Crippen LogP contribution >= 0.6 is 33.3 Å². The fourth-order valence-corrected chi connectivity index (χ4v) is 5.13. The van der Waals surface area contributed by atoms with Crippen molar-refractivity contribution in [3.8, 4) is 11.5 Å². The zero-order chi connectivity index (χ0) is 15.6. The molecule has 1 aromatic rings. The van der Waals surface area contributed by atoms with Crippen molar-refractivity contribution in [2.45, 2.75) is 11.3 Å². The molecule has 0 amide bonds. The van der Waals surface area contributed by atoms with Crippen LogP contribution in [-0.2, 0) is 6.42 Å². The van der Waals surface area contributed by atoms with Crippen molar-refractivity contribution in [2.75, 3.05) is 45.2 Å². The number of rotatable bonds is 5. The standard InChI is InChI=1S/C14H19NO3S3/c1-15(2)10-8-6-7-20-14(16)9(8)13(21-19-5)12(18-4)11(10)17-3/h6-7H2,1-5H3. The lowest BCUT2D eigenvalue weighted by molar-refractivity contribution is 0.108. The van der Waals surface area contributed by atoms with E-state index in [1.54, 1.807) is 35.8 Å². The highest BCUT2D eigenvalue weighted by molar-refractivity contribution is 8.76. The van der Waals surface area contributed by atoms with Crippen LogP contribution in [0.1, 0.15) is 15.9 Å². The van der Waals surface area contributed by atoms with Gasteiger partial charge in [-0.15, -0.1) is 0 Å². The molecule has 0 radical (unpaired) electrons. The van der Waals surface area contributed by atoms with Gasteiger partial charge in [-0.25, -0.2) is 0 Å². The van der Waals surface area contributed by atoms with Crippen LogP contribution in [0.15, 0.2) is 4.90 Å². The number of nitrogens with zero attached hydrogens (tertiary/aromatic N) is 1. The summed E-state index contributed by atoms with van der Waals surface area (Å²) in [6, 6.07) is 0. The summed E-state index contributed by atoms with van der Waals surface area (Å²) in [5.74, 6) is 2.17. The summed E-state index contributed by atoms with van der Waals surface area (Å²) in [5, 5.41) is 0.122. The van der Waals surface area contributed by atoms with E-state index in [0.29, 0.717) is 11.5 Å². The van der Waals surface area contributed by atoms with Crippen LogP contribution < -0.4 is 14.4 Å². The van der Waals surface area contributed by atoms with Crippen molar-refractivity contribution in [2.24, 2.45) is 0 Å². The van der Waals surface area contributed by atoms with Gasteiger partial charge in [-0.2, -0.15) is 0 Å². The lowest BCUT2D eigenvalue weighted by Gasteiger charge is -2.28. The van der Waals surface area contributed by atoms with Crippen LogP contribution in [0.25, 0.3) is 0 Å². The molecule has 1 aromatic carbocycles. The largest absolute Gasteiger partial charge is 0.492 e. The van der Waals surface area contributed by atoms with E-state index in [1.165, 1.54) is 11.8 Å². The molecule has 0 unspecified atom stereocenters. The fourth-order valence-electron chi connectivity index (χ4n) is 2.50. The number of thioether (sulfide) groups is 1. The second-order valence-corrected chi connectivity index (χ2v) is 8.10. The second kappa shape index (κ2) is 7.07. The zero-order valence-corrected chi connectivity index (χ0v) is 15.3. The molecule has 0 saturated carbocycles. The normalized spacial score (nSPS) is 13.9. The highest BCUT2D eigenvalue weighted by Gasteiger charge is 2.32. The van der Waals surface area contributed by atoms with Gasteiger partial charge in [0.2, 0.25) is 5.12 Å². The average Bonchev–Trinajstić information content (AvgIpc) is 2.46. The van der Waals surface area contributed by atoms with Crippen molar-refractivity contribution in [1.82, 2.24) is 0 Å². The van der Waals surface area contributed by atoms with E-state index >= 15 is 0 Å². The first-order chi connectivity index (χ1) is 10.1. The summed E-state index contributed by atoms with van der Waals surface area (Å²) in [6.07, 6.45) is 2.85.